The normalized spacial score (nSPS) is 26.1. The minimum absolute atomic E-state index is 0.0690. The van der Waals surface area contributed by atoms with Crippen LogP contribution in [0.1, 0.15) is 33.1 Å². The molecule has 0 aromatic rings. The van der Waals surface area contributed by atoms with Gasteiger partial charge in [-0.1, -0.05) is 20.3 Å². The Hall–Kier alpha value is -0.610. The Labute approximate surface area is 92.0 Å². The third-order valence-corrected chi connectivity index (χ3v) is 3.31. The molecule has 15 heavy (non-hydrogen) atoms. The molecule has 0 aliphatic carbocycles. The van der Waals surface area contributed by atoms with Crippen molar-refractivity contribution in [1.82, 2.24) is 4.90 Å². The van der Waals surface area contributed by atoms with E-state index in [-0.39, 0.29) is 23.9 Å². The van der Waals surface area contributed by atoms with Gasteiger partial charge in [0.15, 0.2) is 0 Å². The molecule has 1 amide bonds. The molecule has 1 aliphatic rings. The summed E-state index contributed by atoms with van der Waals surface area (Å²) in [6.45, 7) is 5.56. The van der Waals surface area contributed by atoms with Gasteiger partial charge < -0.3 is 16.4 Å². The fourth-order valence-electron chi connectivity index (χ4n) is 1.92. The van der Waals surface area contributed by atoms with E-state index in [0.717, 1.165) is 25.8 Å². The summed E-state index contributed by atoms with van der Waals surface area (Å²) in [6, 6.07) is -0.230. The quantitative estimate of drug-likeness (QED) is 0.708. The third-order valence-electron chi connectivity index (χ3n) is 3.31. The van der Waals surface area contributed by atoms with Gasteiger partial charge in [-0.05, 0) is 18.8 Å². The SMILES string of the molecule is CCC(C)C(N)C(=O)N1CCCC(N)C1. The number of hydrogen-bond donors (Lipinski definition) is 2. The minimum Gasteiger partial charge on any atom is -0.340 e. The summed E-state index contributed by atoms with van der Waals surface area (Å²) in [6.07, 6.45) is 2.95. The highest BCUT2D eigenvalue weighted by Crippen LogP contribution is 2.13. The average Bonchev–Trinajstić information content (AvgIpc) is 2.26. The predicted molar refractivity (Wildman–Crippen MR) is 61.2 cm³/mol. The number of carbonyl (C=O) groups is 1. The van der Waals surface area contributed by atoms with Gasteiger partial charge in [0.1, 0.15) is 0 Å². The van der Waals surface area contributed by atoms with Crippen molar-refractivity contribution in [2.75, 3.05) is 13.1 Å². The lowest BCUT2D eigenvalue weighted by Gasteiger charge is -2.33. The largest absolute Gasteiger partial charge is 0.340 e. The van der Waals surface area contributed by atoms with Crippen LogP contribution in [-0.2, 0) is 4.79 Å². The fraction of sp³-hybridized carbons (Fsp3) is 0.909. The molecule has 1 rings (SSSR count). The van der Waals surface area contributed by atoms with E-state index < -0.39 is 0 Å². The van der Waals surface area contributed by atoms with Crippen LogP contribution in [0.4, 0.5) is 0 Å². The highest BCUT2D eigenvalue weighted by molar-refractivity contribution is 5.82. The zero-order chi connectivity index (χ0) is 11.4. The first-order valence-electron chi connectivity index (χ1n) is 5.86. The van der Waals surface area contributed by atoms with Crippen LogP contribution >= 0.6 is 0 Å². The van der Waals surface area contributed by atoms with Crippen molar-refractivity contribution in [1.29, 1.82) is 0 Å². The van der Waals surface area contributed by atoms with E-state index in [1.165, 1.54) is 0 Å². The van der Waals surface area contributed by atoms with E-state index in [1.54, 1.807) is 0 Å². The third kappa shape index (κ3) is 3.18. The van der Waals surface area contributed by atoms with Gasteiger partial charge >= 0.3 is 0 Å². The Kier molecular flexibility index (Phi) is 4.54. The molecule has 0 radical (unpaired) electrons. The second kappa shape index (κ2) is 5.47. The summed E-state index contributed by atoms with van der Waals surface area (Å²) in [5.74, 6) is 0.315. The van der Waals surface area contributed by atoms with Gasteiger partial charge in [-0.3, -0.25) is 4.79 Å². The molecule has 0 aromatic heterocycles. The Balaban J connectivity index is 2.51. The van der Waals surface area contributed by atoms with Crippen molar-refractivity contribution in [3.63, 3.8) is 0 Å². The molecule has 0 saturated carbocycles. The summed E-state index contributed by atoms with van der Waals surface area (Å²) in [7, 11) is 0. The topological polar surface area (TPSA) is 72.4 Å². The van der Waals surface area contributed by atoms with E-state index in [2.05, 4.69) is 6.92 Å². The molecule has 0 spiro atoms. The second-order valence-corrected chi connectivity index (χ2v) is 4.60. The summed E-state index contributed by atoms with van der Waals surface area (Å²) < 4.78 is 0. The van der Waals surface area contributed by atoms with E-state index >= 15 is 0 Å². The lowest BCUT2D eigenvalue weighted by Crippen LogP contribution is -2.52. The second-order valence-electron chi connectivity index (χ2n) is 4.60. The zero-order valence-electron chi connectivity index (χ0n) is 9.78. The molecule has 88 valence electrons. The van der Waals surface area contributed by atoms with Gasteiger partial charge in [0.05, 0.1) is 6.04 Å². The monoisotopic (exact) mass is 213 g/mol. The summed E-state index contributed by atoms with van der Waals surface area (Å²) in [4.78, 5) is 13.8. The van der Waals surface area contributed by atoms with Crippen molar-refractivity contribution in [3.05, 3.63) is 0 Å². The van der Waals surface area contributed by atoms with Gasteiger partial charge in [-0.2, -0.15) is 0 Å². The zero-order valence-corrected chi connectivity index (χ0v) is 9.78. The van der Waals surface area contributed by atoms with E-state index in [0.29, 0.717) is 6.54 Å². The van der Waals surface area contributed by atoms with Crippen LogP contribution in [0.2, 0.25) is 0 Å². The maximum atomic E-state index is 12.0. The van der Waals surface area contributed by atoms with Gasteiger partial charge in [0.2, 0.25) is 5.91 Å². The molecule has 1 aliphatic heterocycles. The van der Waals surface area contributed by atoms with Crippen LogP contribution in [0.25, 0.3) is 0 Å². The average molecular weight is 213 g/mol. The Morgan fingerprint density at radius 2 is 2.27 bits per heavy atom. The van der Waals surface area contributed by atoms with Crippen molar-refractivity contribution < 1.29 is 4.79 Å². The van der Waals surface area contributed by atoms with Gasteiger partial charge in [-0.15, -0.1) is 0 Å². The number of amides is 1. The smallest absolute Gasteiger partial charge is 0.239 e. The molecule has 4 nitrogen and oxygen atoms in total. The lowest BCUT2D eigenvalue weighted by molar-refractivity contribution is -0.134. The van der Waals surface area contributed by atoms with E-state index in [9.17, 15) is 4.79 Å². The maximum absolute atomic E-state index is 12.0. The molecule has 0 bridgehead atoms. The lowest BCUT2D eigenvalue weighted by atomic mass is 9.97. The summed E-state index contributed by atoms with van der Waals surface area (Å²) >= 11 is 0. The van der Waals surface area contributed by atoms with Crippen molar-refractivity contribution in [2.24, 2.45) is 17.4 Å². The van der Waals surface area contributed by atoms with Crippen LogP contribution in [0.5, 0.6) is 0 Å². The molecule has 1 fully saturated rings. The number of rotatable bonds is 3. The molecule has 4 N–H and O–H groups in total. The first kappa shape index (κ1) is 12.5. The number of nitrogens with two attached hydrogens (primary N) is 2. The van der Waals surface area contributed by atoms with Gasteiger partial charge in [0.25, 0.3) is 0 Å². The Morgan fingerprint density at radius 1 is 1.60 bits per heavy atom. The van der Waals surface area contributed by atoms with Crippen LogP contribution < -0.4 is 11.5 Å². The Bertz CT molecular complexity index is 220. The molecular weight excluding hydrogens is 190 g/mol. The fourth-order valence-corrected chi connectivity index (χ4v) is 1.92. The highest BCUT2D eigenvalue weighted by atomic mass is 16.2. The van der Waals surface area contributed by atoms with Crippen molar-refractivity contribution in [3.8, 4) is 0 Å². The number of hydrogen-bond acceptors (Lipinski definition) is 3. The summed E-state index contributed by atoms with van der Waals surface area (Å²) in [5, 5.41) is 0. The number of carbonyl (C=O) groups excluding carboxylic acids is 1. The first-order chi connectivity index (χ1) is 7.06. The molecule has 4 heteroatoms. The van der Waals surface area contributed by atoms with Gasteiger partial charge in [-0.25, -0.2) is 0 Å². The van der Waals surface area contributed by atoms with Crippen molar-refractivity contribution in [2.45, 2.75) is 45.2 Å². The molecule has 3 unspecified atom stereocenters. The van der Waals surface area contributed by atoms with E-state index in [4.69, 9.17) is 11.5 Å². The minimum atomic E-state index is -0.361. The molecule has 3 atom stereocenters. The van der Waals surface area contributed by atoms with E-state index in [1.807, 2.05) is 11.8 Å². The molecule has 1 heterocycles. The number of nitrogens with zero attached hydrogens (tertiary/aromatic N) is 1. The van der Waals surface area contributed by atoms with Crippen LogP contribution in [0, 0.1) is 5.92 Å². The Morgan fingerprint density at radius 3 is 2.80 bits per heavy atom. The predicted octanol–water partition coefficient (Wildman–Crippen LogP) is 0.310. The highest BCUT2D eigenvalue weighted by Gasteiger charge is 2.27. The molecule has 1 saturated heterocycles. The maximum Gasteiger partial charge on any atom is 0.239 e. The number of piperidine rings is 1. The summed E-state index contributed by atoms with van der Waals surface area (Å²) in [5.41, 5.74) is 11.8. The van der Waals surface area contributed by atoms with Crippen molar-refractivity contribution >= 4 is 5.91 Å². The van der Waals surface area contributed by atoms with Crippen LogP contribution in [0.3, 0.4) is 0 Å². The first-order valence-corrected chi connectivity index (χ1v) is 5.86. The van der Waals surface area contributed by atoms with Gasteiger partial charge in [0, 0.05) is 19.1 Å². The van der Waals surface area contributed by atoms with Crippen LogP contribution in [0.15, 0.2) is 0 Å². The van der Waals surface area contributed by atoms with Crippen LogP contribution in [-0.4, -0.2) is 36.0 Å². The molecular formula is C11H23N3O. The standard InChI is InChI=1S/C11H23N3O/c1-3-8(2)10(13)11(15)14-6-4-5-9(12)7-14/h8-10H,3-7,12-13H2,1-2H3. The number of likely N-dealkylation sites (tertiary alicyclic amines) is 1. The molecule has 0 aromatic carbocycles.